The Hall–Kier alpha value is -3.13. The average Bonchev–Trinajstić information content (AvgIpc) is 2.99. The van der Waals surface area contributed by atoms with E-state index < -0.39 is 0 Å². The van der Waals surface area contributed by atoms with Crippen molar-refractivity contribution < 1.29 is 4.79 Å². The third-order valence-corrected chi connectivity index (χ3v) is 3.44. The van der Waals surface area contributed by atoms with E-state index in [1.54, 1.807) is 24.3 Å². The fraction of sp³-hybridized carbons (Fsp3) is 0.118. The minimum absolute atomic E-state index is 0.197. The van der Waals surface area contributed by atoms with E-state index in [1.165, 1.54) is 0 Å². The van der Waals surface area contributed by atoms with Crippen LogP contribution in [0.4, 0.5) is 0 Å². The minimum atomic E-state index is -0.240. The van der Waals surface area contributed by atoms with Crippen LogP contribution in [0.2, 0.25) is 0 Å². The number of nitrogens with one attached hydrogen (secondary N) is 2. The second-order valence-electron chi connectivity index (χ2n) is 5.02. The summed E-state index contributed by atoms with van der Waals surface area (Å²) in [6.45, 7) is 1.87. The van der Waals surface area contributed by atoms with Crippen molar-refractivity contribution in [2.45, 2.75) is 13.0 Å². The highest BCUT2D eigenvalue weighted by atomic mass is 16.1. The Morgan fingerprint density at radius 3 is 2.64 bits per heavy atom. The number of H-pyrrole nitrogens is 1. The Morgan fingerprint density at radius 1 is 1.23 bits per heavy atom. The molecule has 1 amide bonds. The lowest BCUT2D eigenvalue weighted by atomic mass is 10.1. The third-order valence-electron chi connectivity index (χ3n) is 3.44. The van der Waals surface area contributed by atoms with Gasteiger partial charge in [0.2, 0.25) is 0 Å². The van der Waals surface area contributed by atoms with Crippen molar-refractivity contribution in [3.63, 3.8) is 0 Å². The number of aromatic nitrogens is 2. The molecule has 2 aromatic carbocycles. The van der Waals surface area contributed by atoms with Crippen molar-refractivity contribution in [2.24, 2.45) is 0 Å². The number of carbonyl (C=O) groups is 1. The first-order valence-corrected chi connectivity index (χ1v) is 6.93. The van der Waals surface area contributed by atoms with E-state index in [9.17, 15) is 4.79 Å². The summed E-state index contributed by atoms with van der Waals surface area (Å²) < 4.78 is 0. The predicted octanol–water partition coefficient (Wildman–Crippen LogP) is 2.93. The molecule has 1 atom stereocenters. The third kappa shape index (κ3) is 2.67. The molecule has 0 bridgehead atoms. The van der Waals surface area contributed by atoms with Crippen molar-refractivity contribution in [3.8, 4) is 6.07 Å². The van der Waals surface area contributed by atoms with E-state index in [1.807, 2.05) is 37.3 Å². The molecular weight excluding hydrogens is 276 g/mol. The molecule has 3 rings (SSSR count). The van der Waals surface area contributed by atoms with Crippen LogP contribution < -0.4 is 5.32 Å². The Labute approximate surface area is 127 Å². The van der Waals surface area contributed by atoms with Crippen molar-refractivity contribution in [3.05, 3.63) is 65.5 Å². The standard InChI is InChI=1S/C17H14N4O/c1-11(16-20-14-4-2-3-5-15(14)21-16)19-17(22)13-8-6-12(10-18)7-9-13/h2-9,11H,1H3,(H,19,22)(H,20,21). The number of hydrogen-bond donors (Lipinski definition) is 2. The van der Waals surface area contributed by atoms with Gasteiger partial charge in [-0.15, -0.1) is 0 Å². The normalized spacial score (nSPS) is 11.8. The zero-order chi connectivity index (χ0) is 15.5. The number of benzene rings is 2. The highest BCUT2D eigenvalue weighted by Crippen LogP contribution is 2.16. The molecule has 0 radical (unpaired) electrons. The van der Waals surface area contributed by atoms with Gasteiger partial charge < -0.3 is 10.3 Å². The van der Waals surface area contributed by atoms with E-state index in [2.05, 4.69) is 15.3 Å². The first-order valence-electron chi connectivity index (χ1n) is 6.93. The number of aromatic amines is 1. The molecule has 0 spiro atoms. The van der Waals surface area contributed by atoms with Crippen molar-refractivity contribution in [2.75, 3.05) is 0 Å². The van der Waals surface area contributed by atoms with E-state index in [0.717, 1.165) is 11.0 Å². The fourth-order valence-corrected chi connectivity index (χ4v) is 2.22. The van der Waals surface area contributed by atoms with Crippen LogP contribution in [0.5, 0.6) is 0 Å². The number of para-hydroxylation sites is 2. The molecule has 3 aromatic rings. The first kappa shape index (κ1) is 13.8. The van der Waals surface area contributed by atoms with E-state index in [0.29, 0.717) is 17.0 Å². The predicted molar refractivity (Wildman–Crippen MR) is 83.1 cm³/mol. The number of rotatable bonds is 3. The van der Waals surface area contributed by atoms with Gasteiger partial charge >= 0.3 is 0 Å². The van der Waals surface area contributed by atoms with Gasteiger partial charge in [-0.2, -0.15) is 5.26 Å². The summed E-state index contributed by atoms with van der Waals surface area (Å²) in [5.74, 6) is 0.514. The Bertz CT molecular complexity index is 825. The maximum Gasteiger partial charge on any atom is 0.251 e. The van der Waals surface area contributed by atoms with Gasteiger partial charge in [-0.1, -0.05) is 12.1 Å². The molecular formula is C17H14N4O. The van der Waals surface area contributed by atoms with Crippen LogP contribution in [-0.2, 0) is 0 Å². The molecule has 0 aliphatic rings. The van der Waals surface area contributed by atoms with Gasteiger partial charge in [-0.3, -0.25) is 4.79 Å². The largest absolute Gasteiger partial charge is 0.342 e. The molecule has 1 unspecified atom stereocenters. The molecule has 1 aromatic heterocycles. The summed E-state index contributed by atoms with van der Waals surface area (Å²) in [5.41, 5.74) is 2.86. The summed E-state index contributed by atoms with van der Waals surface area (Å²) in [4.78, 5) is 19.9. The smallest absolute Gasteiger partial charge is 0.251 e. The second kappa shape index (κ2) is 5.70. The zero-order valence-electron chi connectivity index (χ0n) is 12.0. The molecule has 22 heavy (non-hydrogen) atoms. The number of hydrogen-bond acceptors (Lipinski definition) is 3. The lowest BCUT2D eigenvalue weighted by Crippen LogP contribution is -2.27. The fourth-order valence-electron chi connectivity index (χ4n) is 2.22. The minimum Gasteiger partial charge on any atom is -0.342 e. The van der Waals surface area contributed by atoms with Crippen LogP contribution in [0.15, 0.2) is 48.5 Å². The quantitative estimate of drug-likeness (QED) is 0.778. The summed E-state index contributed by atoms with van der Waals surface area (Å²) in [6.07, 6.45) is 0. The molecule has 5 nitrogen and oxygen atoms in total. The van der Waals surface area contributed by atoms with Gasteiger partial charge in [0.25, 0.3) is 5.91 Å². The summed E-state index contributed by atoms with van der Waals surface area (Å²) in [7, 11) is 0. The maximum absolute atomic E-state index is 12.2. The molecule has 0 aliphatic heterocycles. The molecule has 108 valence electrons. The molecule has 0 fully saturated rings. The maximum atomic E-state index is 12.2. The molecule has 2 N–H and O–H groups in total. The summed E-state index contributed by atoms with van der Waals surface area (Å²) in [5, 5.41) is 11.7. The van der Waals surface area contributed by atoms with Gasteiger partial charge in [0, 0.05) is 5.56 Å². The summed E-state index contributed by atoms with van der Waals surface area (Å²) in [6, 6.07) is 16.0. The van der Waals surface area contributed by atoms with Gasteiger partial charge in [0.1, 0.15) is 5.82 Å². The molecule has 0 saturated carbocycles. The first-order chi connectivity index (χ1) is 10.7. The average molecular weight is 290 g/mol. The lowest BCUT2D eigenvalue weighted by molar-refractivity contribution is 0.0938. The number of carbonyl (C=O) groups excluding carboxylic acids is 1. The van der Waals surface area contributed by atoms with Crippen LogP contribution in [0.3, 0.4) is 0 Å². The van der Waals surface area contributed by atoms with E-state index in [4.69, 9.17) is 5.26 Å². The Balaban J connectivity index is 1.76. The van der Waals surface area contributed by atoms with Crippen LogP contribution in [0.25, 0.3) is 11.0 Å². The van der Waals surface area contributed by atoms with Gasteiger partial charge in [-0.05, 0) is 43.3 Å². The molecule has 1 heterocycles. The SMILES string of the molecule is CC(NC(=O)c1ccc(C#N)cc1)c1nc2ccccc2[nH]1. The Morgan fingerprint density at radius 2 is 1.95 bits per heavy atom. The monoisotopic (exact) mass is 290 g/mol. The van der Waals surface area contributed by atoms with Gasteiger partial charge in [0.05, 0.1) is 28.7 Å². The van der Waals surface area contributed by atoms with Gasteiger partial charge in [-0.25, -0.2) is 4.98 Å². The number of amides is 1. The molecule has 0 saturated heterocycles. The highest BCUT2D eigenvalue weighted by Gasteiger charge is 2.14. The number of fused-ring (bicyclic) bond motifs is 1. The zero-order valence-corrected chi connectivity index (χ0v) is 12.0. The number of imidazole rings is 1. The van der Waals surface area contributed by atoms with Crippen LogP contribution >= 0.6 is 0 Å². The van der Waals surface area contributed by atoms with Gasteiger partial charge in [0.15, 0.2) is 0 Å². The van der Waals surface area contributed by atoms with Crippen LogP contribution in [0.1, 0.15) is 34.7 Å². The number of nitrogens with zero attached hydrogens (tertiary/aromatic N) is 2. The topological polar surface area (TPSA) is 81.6 Å². The molecule has 5 heteroatoms. The number of nitriles is 1. The van der Waals surface area contributed by atoms with E-state index >= 15 is 0 Å². The Kier molecular flexibility index (Phi) is 3.58. The molecule has 0 aliphatic carbocycles. The van der Waals surface area contributed by atoms with Crippen molar-refractivity contribution in [1.29, 1.82) is 5.26 Å². The summed E-state index contributed by atoms with van der Waals surface area (Å²) >= 11 is 0. The lowest BCUT2D eigenvalue weighted by Gasteiger charge is -2.11. The highest BCUT2D eigenvalue weighted by molar-refractivity contribution is 5.94. The second-order valence-corrected chi connectivity index (χ2v) is 5.02. The van der Waals surface area contributed by atoms with Crippen LogP contribution in [-0.4, -0.2) is 15.9 Å². The van der Waals surface area contributed by atoms with Crippen LogP contribution in [0, 0.1) is 11.3 Å². The van der Waals surface area contributed by atoms with Crippen molar-refractivity contribution >= 4 is 16.9 Å². The van der Waals surface area contributed by atoms with Crippen molar-refractivity contribution in [1.82, 2.24) is 15.3 Å². The van der Waals surface area contributed by atoms with E-state index in [-0.39, 0.29) is 11.9 Å².